The third-order valence-corrected chi connectivity index (χ3v) is 3.51. The Morgan fingerprint density at radius 1 is 0.700 bits per heavy atom. The zero-order valence-electron chi connectivity index (χ0n) is 10.7. The van der Waals surface area contributed by atoms with Gasteiger partial charge in [-0.25, -0.2) is 4.98 Å². The van der Waals surface area contributed by atoms with Crippen molar-refractivity contribution < 1.29 is 0 Å². The third-order valence-electron chi connectivity index (χ3n) is 3.51. The molecule has 2 aromatic carbocycles. The summed E-state index contributed by atoms with van der Waals surface area (Å²) in [6, 6.07) is 20.4. The topological polar surface area (TPSA) is 25.8 Å². The highest BCUT2D eigenvalue weighted by atomic mass is 14.8. The number of pyridine rings is 2. The highest BCUT2D eigenvalue weighted by molar-refractivity contribution is 6.01. The summed E-state index contributed by atoms with van der Waals surface area (Å²) in [5.41, 5.74) is 1.80. The molecule has 0 saturated carbocycles. The molecule has 2 heteroatoms. The van der Waals surface area contributed by atoms with Gasteiger partial charge in [0.05, 0.1) is 17.6 Å². The first-order valence-electron chi connectivity index (χ1n) is 6.53. The second-order valence-corrected chi connectivity index (χ2v) is 4.70. The number of aromatic nitrogens is 2. The SMILES string of the molecule is [c]1cc2ccccc2c(-c2nccc3ccccc23)n1. The van der Waals surface area contributed by atoms with Crippen molar-refractivity contribution in [2.75, 3.05) is 0 Å². The Balaban J connectivity index is 2.12. The van der Waals surface area contributed by atoms with E-state index in [1.807, 2.05) is 42.6 Å². The molecule has 2 heterocycles. The van der Waals surface area contributed by atoms with E-state index in [0.717, 1.165) is 27.5 Å². The standard InChI is InChI=1S/C18H11N2/c1-3-7-15-13(5-1)9-11-19-17(15)18-16-8-4-2-6-14(16)10-12-20-18/h1-11H. The van der Waals surface area contributed by atoms with Crippen LogP contribution in [0.4, 0.5) is 0 Å². The van der Waals surface area contributed by atoms with E-state index >= 15 is 0 Å². The van der Waals surface area contributed by atoms with E-state index in [0.29, 0.717) is 0 Å². The normalized spacial score (nSPS) is 11.0. The molecule has 4 aromatic rings. The average Bonchev–Trinajstić information content (AvgIpc) is 2.54. The number of nitrogens with zero attached hydrogens (tertiary/aromatic N) is 2. The van der Waals surface area contributed by atoms with E-state index in [1.54, 1.807) is 0 Å². The van der Waals surface area contributed by atoms with Crippen molar-refractivity contribution in [2.45, 2.75) is 0 Å². The van der Waals surface area contributed by atoms with Gasteiger partial charge in [0.1, 0.15) is 0 Å². The Morgan fingerprint density at radius 2 is 1.40 bits per heavy atom. The Labute approximate surface area is 116 Å². The summed E-state index contributed by atoms with van der Waals surface area (Å²) in [6.07, 6.45) is 4.81. The van der Waals surface area contributed by atoms with Gasteiger partial charge in [0.2, 0.25) is 0 Å². The molecule has 0 bridgehead atoms. The summed E-state index contributed by atoms with van der Waals surface area (Å²) in [6.45, 7) is 0. The molecule has 0 saturated heterocycles. The lowest BCUT2D eigenvalue weighted by Crippen LogP contribution is -1.90. The van der Waals surface area contributed by atoms with Crippen LogP contribution in [0, 0.1) is 6.20 Å². The van der Waals surface area contributed by atoms with Crippen molar-refractivity contribution in [3.05, 3.63) is 73.1 Å². The molecule has 0 unspecified atom stereocenters. The van der Waals surface area contributed by atoms with Crippen molar-refractivity contribution in [1.82, 2.24) is 9.97 Å². The molecule has 0 amide bonds. The Morgan fingerprint density at radius 3 is 2.25 bits per heavy atom. The van der Waals surface area contributed by atoms with E-state index in [2.05, 4.69) is 40.4 Å². The molecule has 2 aromatic heterocycles. The van der Waals surface area contributed by atoms with Crippen LogP contribution in [0.25, 0.3) is 32.9 Å². The second kappa shape index (κ2) is 4.42. The van der Waals surface area contributed by atoms with Gasteiger partial charge in [-0.2, -0.15) is 0 Å². The average molecular weight is 255 g/mol. The lowest BCUT2D eigenvalue weighted by atomic mass is 10.0. The Kier molecular flexibility index (Phi) is 2.46. The van der Waals surface area contributed by atoms with Gasteiger partial charge in [0.15, 0.2) is 0 Å². The minimum absolute atomic E-state index is 0.889. The molecule has 0 spiro atoms. The van der Waals surface area contributed by atoms with Gasteiger partial charge in [0, 0.05) is 17.0 Å². The van der Waals surface area contributed by atoms with E-state index in [9.17, 15) is 0 Å². The van der Waals surface area contributed by atoms with Gasteiger partial charge < -0.3 is 0 Å². The molecule has 0 N–H and O–H groups in total. The van der Waals surface area contributed by atoms with Crippen molar-refractivity contribution in [1.29, 1.82) is 0 Å². The van der Waals surface area contributed by atoms with Crippen molar-refractivity contribution in [3.8, 4) is 11.4 Å². The lowest BCUT2D eigenvalue weighted by Gasteiger charge is -2.07. The van der Waals surface area contributed by atoms with Crippen molar-refractivity contribution >= 4 is 21.5 Å². The first-order chi connectivity index (χ1) is 9.93. The van der Waals surface area contributed by atoms with Gasteiger partial charge in [-0.1, -0.05) is 48.5 Å². The molecule has 0 aliphatic heterocycles. The predicted molar refractivity (Wildman–Crippen MR) is 81.3 cm³/mol. The fourth-order valence-electron chi connectivity index (χ4n) is 2.55. The summed E-state index contributed by atoms with van der Waals surface area (Å²) >= 11 is 0. The van der Waals surface area contributed by atoms with Crippen molar-refractivity contribution in [3.63, 3.8) is 0 Å². The summed E-state index contributed by atoms with van der Waals surface area (Å²) in [5.74, 6) is 0. The number of hydrogen-bond donors (Lipinski definition) is 0. The van der Waals surface area contributed by atoms with Crippen LogP contribution < -0.4 is 0 Å². The maximum Gasteiger partial charge on any atom is 0.0979 e. The Hall–Kier alpha value is -2.74. The first kappa shape index (κ1) is 11.1. The molecule has 0 fully saturated rings. The Bertz CT molecular complexity index is 825. The molecule has 1 radical (unpaired) electrons. The van der Waals surface area contributed by atoms with E-state index in [4.69, 9.17) is 0 Å². The van der Waals surface area contributed by atoms with Crippen LogP contribution >= 0.6 is 0 Å². The van der Waals surface area contributed by atoms with Crippen LogP contribution in [0.5, 0.6) is 0 Å². The minimum Gasteiger partial charge on any atom is -0.254 e. The molecule has 0 atom stereocenters. The highest BCUT2D eigenvalue weighted by Gasteiger charge is 2.09. The van der Waals surface area contributed by atoms with E-state index < -0.39 is 0 Å². The zero-order chi connectivity index (χ0) is 13.4. The maximum atomic E-state index is 4.54. The smallest absolute Gasteiger partial charge is 0.0979 e. The lowest BCUT2D eigenvalue weighted by molar-refractivity contribution is 1.28. The monoisotopic (exact) mass is 255 g/mol. The van der Waals surface area contributed by atoms with Crippen LogP contribution in [0.1, 0.15) is 0 Å². The van der Waals surface area contributed by atoms with E-state index in [-0.39, 0.29) is 0 Å². The summed E-state index contributed by atoms with van der Waals surface area (Å²) in [5, 5.41) is 4.53. The molecule has 2 nitrogen and oxygen atoms in total. The molecule has 20 heavy (non-hydrogen) atoms. The van der Waals surface area contributed by atoms with Gasteiger partial charge in [-0.05, 0) is 22.9 Å². The zero-order valence-corrected chi connectivity index (χ0v) is 10.7. The molecular weight excluding hydrogens is 244 g/mol. The summed E-state index contributed by atoms with van der Waals surface area (Å²) < 4.78 is 0. The van der Waals surface area contributed by atoms with Crippen LogP contribution in [0.3, 0.4) is 0 Å². The fourth-order valence-corrected chi connectivity index (χ4v) is 2.55. The van der Waals surface area contributed by atoms with Gasteiger partial charge in [0.25, 0.3) is 0 Å². The van der Waals surface area contributed by atoms with Gasteiger partial charge >= 0.3 is 0 Å². The maximum absolute atomic E-state index is 4.54. The first-order valence-corrected chi connectivity index (χ1v) is 6.53. The molecule has 0 aliphatic carbocycles. The molecular formula is C18H11N2. The molecule has 4 rings (SSSR count). The van der Waals surface area contributed by atoms with Crippen LogP contribution in [-0.4, -0.2) is 9.97 Å². The summed E-state index contributed by atoms with van der Waals surface area (Å²) in [4.78, 5) is 8.98. The molecule has 0 aliphatic rings. The largest absolute Gasteiger partial charge is 0.254 e. The fraction of sp³-hybridized carbons (Fsp3) is 0. The number of benzene rings is 2. The van der Waals surface area contributed by atoms with Crippen molar-refractivity contribution in [2.24, 2.45) is 0 Å². The second-order valence-electron chi connectivity index (χ2n) is 4.70. The van der Waals surface area contributed by atoms with Gasteiger partial charge in [-0.15, -0.1) is 0 Å². The highest BCUT2D eigenvalue weighted by Crippen LogP contribution is 2.29. The van der Waals surface area contributed by atoms with E-state index in [1.165, 1.54) is 5.39 Å². The predicted octanol–water partition coefficient (Wildman–Crippen LogP) is 4.25. The van der Waals surface area contributed by atoms with Crippen LogP contribution in [0.15, 0.2) is 66.9 Å². The third kappa shape index (κ3) is 1.66. The van der Waals surface area contributed by atoms with Crippen LogP contribution in [-0.2, 0) is 0 Å². The molecule has 93 valence electrons. The van der Waals surface area contributed by atoms with Crippen LogP contribution in [0.2, 0.25) is 0 Å². The van der Waals surface area contributed by atoms with Gasteiger partial charge in [-0.3, -0.25) is 4.98 Å². The number of hydrogen-bond acceptors (Lipinski definition) is 2. The quantitative estimate of drug-likeness (QED) is 0.508. The number of fused-ring (bicyclic) bond motifs is 2. The minimum atomic E-state index is 0.889. The number of rotatable bonds is 1. The summed E-state index contributed by atoms with van der Waals surface area (Å²) in [7, 11) is 0.